The number of benzene rings is 1. The molecule has 0 aromatic heterocycles. The lowest BCUT2D eigenvalue weighted by molar-refractivity contribution is -0.174. The molecule has 1 aromatic rings. The Hall–Kier alpha value is -0.850. The first kappa shape index (κ1) is 14.2. The van der Waals surface area contributed by atoms with Gasteiger partial charge in [0, 0.05) is 10.6 Å². The van der Waals surface area contributed by atoms with Gasteiger partial charge in [0.05, 0.1) is 12.6 Å². The molecule has 0 fully saturated rings. The van der Waals surface area contributed by atoms with Gasteiger partial charge in [-0.05, 0) is 12.1 Å². The number of ether oxygens (including phenoxy) is 1. The summed E-state index contributed by atoms with van der Waals surface area (Å²) in [5, 5.41) is 0.189. The third-order valence-corrected chi connectivity index (χ3v) is 2.16. The van der Waals surface area contributed by atoms with E-state index in [1.807, 2.05) is 0 Å². The Kier molecular flexibility index (Phi) is 4.73. The number of rotatable bonds is 4. The Morgan fingerprint density at radius 1 is 1.35 bits per heavy atom. The maximum Gasteiger partial charge on any atom is 0.411 e. The summed E-state index contributed by atoms with van der Waals surface area (Å²) in [7, 11) is 0. The van der Waals surface area contributed by atoms with Crippen molar-refractivity contribution >= 4 is 11.6 Å². The highest BCUT2D eigenvalue weighted by Gasteiger charge is 2.28. The van der Waals surface area contributed by atoms with Gasteiger partial charge in [-0.1, -0.05) is 17.7 Å². The predicted molar refractivity (Wildman–Crippen MR) is 55.2 cm³/mol. The average molecular weight is 272 g/mol. The molecule has 0 aliphatic heterocycles. The van der Waals surface area contributed by atoms with Crippen molar-refractivity contribution in [2.24, 2.45) is 5.73 Å². The fraction of sp³-hybridized carbons (Fsp3) is 0.400. The standard InChI is InChI=1S/C10H10ClF4NO/c11-6-1-2-7(8(12)3-6)9(16)4-17-5-10(13,14)15/h1-3,9H,4-5,16H2. The van der Waals surface area contributed by atoms with E-state index in [2.05, 4.69) is 4.74 Å². The van der Waals surface area contributed by atoms with Gasteiger partial charge in [0.1, 0.15) is 12.4 Å². The summed E-state index contributed by atoms with van der Waals surface area (Å²) in [5.74, 6) is -0.666. The Balaban J connectivity index is 2.55. The van der Waals surface area contributed by atoms with Gasteiger partial charge in [-0.15, -0.1) is 0 Å². The molecule has 0 amide bonds. The second kappa shape index (κ2) is 5.66. The zero-order valence-electron chi connectivity index (χ0n) is 8.60. The molecule has 0 aliphatic rings. The van der Waals surface area contributed by atoms with E-state index >= 15 is 0 Å². The third-order valence-electron chi connectivity index (χ3n) is 1.93. The monoisotopic (exact) mass is 271 g/mol. The molecule has 7 heteroatoms. The van der Waals surface area contributed by atoms with Crippen molar-refractivity contribution in [1.29, 1.82) is 0 Å². The third kappa shape index (κ3) is 4.89. The van der Waals surface area contributed by atoms with E-state index in [1.54, 1.807) is 0 Å². The summed E-state index contributed by atoms with van der Waals surface area (Å²) in [6, 6.07) is 2.80. The minimum Gasteiger partial charge on any atom is -0.370 e. The minimum atomic E-state index is -4.42. The zero-order chi connectivity index (χ0) is 13.1. The first-order chi connectivity index (χ1) is 7.79. The Labute approximate surface area is 100 Å². The second-order valence-corrected chi connectivity index (χ2v) is 3.84. The molecule has 0 bridgehead atoms. The van der Waals surface area contributed by atoms with E-state index in [-0.39, 0.29) is 10.6 Å². The van der Waals surface area contributed by atoms with Gasteiger partial charge < -0.3 is 10.5 Å². The van der Waals surface area contributed by atoms with Gasteiger partial charge in [0.15, 0.2) is 0 Å². The van der Waals surface area contributed by atoms with Crippen molar-refractivity contribution in [3.63, 3.8) is 0 Å². The topological polar surface area (TPSA) is 35.2 Å². The van der Waals surface area contributed by atoms with Crippen LogP contribution >= 0.6 is 11.6 Å². The van der Waals surface area contributed by atoms with Crippen LogP contribution in [-0.4, -0.2) is 19.4 Å². The van der Waals surface area contributed by atoms with Crippen LogP contribution < -0.4 is 5.73 Å². The molecular weight excluding hydrogens is 262 g/mol. The summed E-state index contributed by atoms with van der Waals surface area (Å²) >= 11 is 5.52. The summed E-state index contributed by atoms with van der Waals surface area (Å²) < 4.78 is 53.0. The van der Waals surface area contributed by atoms with Crippen LogP contribution in [0.4, 0.5) is 17.6 Å². The lowest BCUT2D eigenvalue weighted by Gasteiger charge is -2.14. The van der Waals surface area contributed by atoms with Crippen molar-refractivity contribution in [2.45, 2.75) is 12.2 Å². The van der Waals surface area contributed by atoms with Crippen molar-refractivity contribution in [1.82, 2.24) is 0 Å². The SMILES string of the molecule is NC(COCC(F)(F)F)c1ccc(Cl)cc1F. The molecule has 1 unspecified atom stereocenters. The summed E-state index contributed by atoms with van der Waals surface area (Å²) in [6.45, 7) is -1.83. The van der Waals surface area contributed by atoms with E-state index in [0.717, 1.165) is 6.07 Å². The molecule has 0 saturated carbocycles. The van der Waals surface area contributed by atoms with E-state index in [0.29, 0.717) is 0 Å². The molecule has 0 saturated heterocycles. The summed E-state index contributed by atoms with van der Waals surface area (Å²) in [6.07, 6.45) is -4.42. The number of hydrogen-bond acceptors (Lipinski definition) is 2. The van der Waals surface area contributed by atoms with Gasteiger partial charge in [0.2, 0.25) is 0 Å². The summed E-state index contributed by atoms with van der Waals surface area (Å²) in [4.78, 5) is 0. The quantitative estimate of drug-likeness (QED) is 0.854. The molecule has 96 valence electrons. The van der Waals surface area contributed by atoms with E-state index < -0.39 is 31.2 Å². The number of nitrogens with two attached hydrogens (primary N) is 1. The molecule has 1 rings (SSSR count). The van der Waals surface area contributed by atoms with Gasteiger partial charge in [-0.25, -0.2) is 4.39 Å². The van der Waals surface area contributed by atoms with E-state index in [9.17, 15) is 17.6 Å². The molecule has 0 aliphatic carbocycles. The molecule has 1 atom stereocenters. The van der Waals surface area contributed by atoms with Crippen molar-refractivity contribution < 1.29 is 22.3 Å². The van der Waals surface area contributed by atoms with Crippen LogP contribution in [0.1, 0.15) is 11.6 Å². The predicted octanol–water partition coefficient (Wildman–Crippen LogP) is 3.06. The van der Waals surface area contributed by atoms with Crippen LogP contribution in [0.5, 0.6) is 0 Å². The second-order valence-electron chi connectivity index (χ2n) is 3.40. The largest absolute Gasteiger partial charge is 0.411 e. The zero-order valence-corrected chi connectivity index (χ0v) is 9.35. The Bertz CT molecular complexity index is 383. The maximum absolute atomic E-state index is 13.3. The van der Waals surface area contributed by atoms with Crippen LogP contribution in [0.15, 0.2) is 18.2 Å². The summed E-state index contributed by atoms with van der Waals surface area (Å²) in [5.41, 5.74) is 5.57. The highest BCUT2D eigenvalue weighted by molar-refractivity contribution is 6.30. The molecular formula is C10H10ClF4NO. The Morgan fingerprint density at radius 3 is 2.53 bits per heavy atom. The number of alkyl halides is 3. The number of hydrogen-bond donors (Lipinski definition) is 1. The molecule has 1 aromatic carbocycles. The van der Waals surface area contributed by atoms with Gasteiger partial charge in [0.25, 0.3) is 0 Å². The Morgan fingerprint density at radius 2 is 2.00 bits per heavy atom. The highest BCUT2D eigenvalue weighted by atomic mass is 35.5. The van der Waals surface area contributed by atoms with Crippen LogP contribution in [0, 0.1) is 5.82 Å². The van der Waals surface area contributed by atoms with Gasteiger partial charge in [-0.2, -0.15) is 13.2 Å². The first-order valence-electron chi connectivity index (χ1n) is 4.64. The van der Waals surface area contributed by atoms with Crippen molar-refractivity contribution in [3.05, 3.63) is 34.6 Å². The van der Waals surface area contributed by atoms with Crippen LogP contribution in [0.3, 0.4) is 0 Å². The van der Waals surface area contributed by atoms with Crippen LogP contribution in [0.2, 0.25) is 5.02 Å². The average Bonchev–Trinajstić information content (AvgIpc) is 2.15. The fourth-order valence-electron chi connectivity index (χ4n) is 1.19. The lowest BCUT2D eigenvalue weighted by Crippen LogP contribution is -2.23. The van der Waals surface area contributed by atoms with E-state index in [4.69, 9.17) is 17.3 Å². The number of halogens is 5. The first-order valence-corrected chi connectivity index (χ1v) is 5.02. The lowest BCUT2D eigenvalue weighted by atomic mass is 10.1. The normalized spacial score (nSPS) is 13.8. The van der Waals surface area contributed by atoms with E-state index in [1.165, 1.54) is 12.1 Å². The smallest absolute Gasteiger partial charge is 0.370 e. The molecule has 17 heavy (non-hydrogen) atoms. The maximum atomic E-state index is 13.3. The van der Waals surface area contributed by atoms with Crippen LogP contribution in [-0.2, 0) is 4.74 Å². The molecule has 2 nitrogen and oxygen atoms in total. The molecule has 2 N–H and O–H groups in total. The molecule has 0 spiro atoms. The van der Waals surface area contributed by atoms with Gasteiger partial charge >= 0.3 is 6.18 Å². The van der Waals surface area contributed by atoms with Gasteiger partial charge in [-0.3, -0.25) is 0 Å². The minimum absolute atomic E-state index is 0.0663. The van der Waals surface area contributed by atoms with Crippen LogP contribution in [0.25, 0.3) is 0 Å². The fourth-order valence-corrected chi connectivity index (χ4v) is 1.35. The van der Waals surface area contributed by atoms with Crippen molar-refractivity contribution in [3.8, 4) is 0 Å². The highest BCUT2D eigenvalue weighted by Crippen LogP contribution is 2.21. The molecule has 0 radical (unpaired) electrons. The molecule has 0 heterocycles. The van der Waals surface area contributed by atoms with Crippen molar-refractivity contribution in [2.75, 3.05) is 13.2 Å².